The average molecular weight is 856 g/mol. The first-order valence-electron chi connectivity index (χ1n) is 17.0. The lowest BCUT2D eigenvalue weighted by Crippen LogP contribution is -2.57. The quantitative estimate of drug-likeness (QED) is 0.0814. The molecule has 1 aliphatic rings. The maximum absolute atomic E-state index is 12.6. The predicted octanol–water partition coefficient (Wildman–Crippen LogP) is 2.55. The predicted molar refractivity (Wildman–Crippen MR) is 201 cm³/mol. The summed E-state index contributed by atoms with van der Waals surface area (Å²) in [6.07, 6.45) is -6.35. The van der Waals surface area contributed by atoms with Crippen molar-refractivity contribution in [1.82, 2.24) is 0 Å². The third kappa shape index (κ3) is 8.21. The third-order valence-electron chi connectivity index (χ3n) is 9.15. The van der Waals surface area contributed by atoms with Crippen LogP contribution in [0.2, 0.25) is 0 Å². The summed E-state index contributed by atoms with van der Waals surface area (Å²) in [4.78, 5) is 36.3. The van der Waals surface area contributed by atoms with E-state index in [2.05, 4.69) is 4.18 Å². The van der Waals surface area contributed by atoms with Crippen molar-refractivity contribution >= 4 is 38.3 Å². The number of ether oxygens (including phenoxy) is 2. The second kappa shape index (κ2) is 15.8. The summed E-state index contributed by atoms with van der Waals surface area (Å²) in [6.45, 7) is 2.86. The van der Waals surface area contributed by atoms with Crippen LogP contribution >= 0.6 is 0 Å². The number of aromatic hydroxyl groups is 7. The molecule has 2 aromatic heterocycles. The van der Waals surface area contributed by atoms with E-state index in [0.29, 0.717) is 5.56 Å². The van der Waals surface area contributed by atoms with Crippen LogP contribution in [-0.4, -0.2) is 94.6 Å². The molecular weight excluding hydrogens is 824 g/mol. The van der Waals surface area contributed by atoms with E-state index in [0.717, 1.165) is 42.5 Å². The Hall–Kier alpha value is -7.24. The van der Waals surface area contributed by atoms with Crippen LogP contribution in [0.5, 0.6) is 51.7 Å². The molecule has 1 saturated heterocycles. The van der Waals surface area contributed by atoms with E-state index >= 15 is 0 Å². The minimum Gasteiger partial charge on any atom is -0.716 e. The highest BCUT2D eigenvalue weighted by Crippen LogP contribution is 2.40. The monoisotopic (exact) mass is 855 g/mol. The molecule has 3 heterocycles. The summed E-state index contributed by atoms with van der Waals surface area (Å²) in [6, 6.07) is 11.3. The number of phenols is 5. The van der Waals surface area contributed by atoms with Crippen LogP contribution in [0.25, 0.3) is 44.6 Å². The van der Waals surface area contributed by atoms with Gasteiger partial charge in [0.2, 0.25) is 28.6 Å². The second-order valence-corrected chi connectivity index (χ2v) is 14.3. The molecule has 0 aliphatic carbocycles. The zero-order valence-electron chi connectivity index (χ0n) is 30.5. The minimum absolute atomic E-state index is 0.00105. The number of hydrogen-bond acceptors (Lipinski definition) is 20. The number of rotatable bonds is 7. The van der Waals surface area contributed by atoms with Crippen LogP contribution in [0.4, 0.5) is 0 Å². The van der Waals surface area contributed by atoms with Crippen LogP contribution in [0.1, 0.15) is 12.5 Å². The number of benzene rings is 4. The molecule has 7 rings (SSSR count). The number of carbonyl (C=O) groups is 1. The van der Waals surface area contributed by atoms with Gasteiger partial charge < -0.3 is 78.1 Å². The Bertz CT molecular complexity index is 2920. The van der Waals surface area contributed by atoms with Crippen molar-refractivity contribution in [3.8, 4) is 74.4 Å². The van der Waals surface area contributed by atoms with E-state index in [1.54, 1.807) is 0 Å². The van der Waals surface area contributed by atoms with Gasteiger partial charge in [-0.1, -0.05) is 19.1 Å². The lowest BCUT2D eigenvalue weighted by molar-refractivity contribution is -0.256. The standard InChI is InChI=1S/C22H20O12.C16H12O9S/c1-7-15(26)18(29)22(34-19(7)21(30)31)33-12-4-8(2-3-10(12)24)20-17(28)16(27)14-11(25)5-9(23)6-13(14)32-20;1-7-2-3-8(4-11(7)25-26(21,22)23)16-15(20)14(19)13-10(18)5-9(17)6-12(13)24-16/h2-7,15,18-19,22-26,28-29H,1H3,(H,30,31);2-6,17-18,20H,1H3,(H,21,22,23)/p-1/t7-,15-,18+,19-,22?;/m0./s1. The van der Waals surface area contributed by atoms with Crippen LogP contribution in [0.3, 0.4) is 0 Å². The van der Waals surface area contributed by atoms with Gasteiger partial charge in [0.15, 0.2) is 29.1 Å². The summed E-state index contributed by atoms with van der Waals surface area (Å²) in [5.41, 5.74) is -2.05. The first kappa shape index (κ1) is 42.4. The summed E-state index contributed by atoms with van der Waals surface area (Å²) in [5.74, 6) is -7.93. The minimum atomic E-state index is -5.03. The molecule has 22 heteroatoms. The number of hydrogen-bond donors (Lipinski definition) is 10. The molecule has 0 saturated carbocycles. The summed E-state index contributed by atoms with van der Waals surface area (Å²) in [7, 11) is -5.03. The molecule has 0 amide bonds. The number of aliphatic carboxylic acids is 1. The van der Waals surface area contributed by atoms with E-state index in [4.69, 9.17) is 18.3 Å². The highest BCUT2D eigenvalue weighted by atomic mass is 32.3. The molecule has 5 atom stereocenters. The molecule has 0 radical (unpaired) electrons. The van der Waals surface area contributed by atoms with Crippen LogP contribution in [0, 0.1) is 12.8 Å². The van der Waals surface area contributed by atoms with Crippen LogP contribution in [-0.2, 0) is 19.9 Å². The molecule has 21 nitrogen and oxygen atoms in total. The van der Waals surface area contributed by atoms with Gasteiger partial charge in [-0.3, -0.25) is 9.59 Å². The number of fused-ring (bicyclic) bond motifs is 2. The lowest BCUT2D eigenvalue weighted by Gasteiger charge is -2.39. The van der Waals surface area contributed by atoms with Gasteiger partial charge in [-0.15, -0.1) is 0 Å². The third-order valence-corrected chi connectivity index (χ3v) is 9.53. The molecule has 1 aliphatic heterocycles. The Morgan fingerprint density at radius 1 is 0.700 bits per heavy atom. The van der Waals surface area contributed by atoms with Crippen molar-refractivity contribution in [3.63, 3.8) is 0 Å². The highest BCUT2D eigenvalue weighted by molar-refractivity contribution is 7.81. The molecule has 0 spiro atoms. The summed E-state index contributed by atoms with van der Waals surface area (Å²) < 4.78 is 58.3. The fraction of sp³-hybridized carbons (Fsp3) is 0.184. The smallest absolute Gasteiger partial charge is 0.333 e. The van der Waals surface area contributed by atoms with Gasteiger partial charge in [0.25, 0.3) is 10.4 Å². The highest BCUT2D eigenvalue weighted by Gasteiger charge is 2.46. The molecule has 316 valence electrons. The normalized spacial score (nSPS) is 19.1. The van der Waals surface area contributed by atoms with Gasteiger partial charge in [-0.2, -0.15) is 0 Å². The van der Waals surface area contributed by atoms with E-state index in [9.17, 15) is 78.4 Å². The Kier molecular flexibility index (Phi) is 11.2. The van der Waals surface area contributed by atoms with Crippen molar-refractivity contribution in [2.24, 2.45) is 5.92 Å². The number of aryl methyl sites for hydroxylation is 1. The lowest BCUT2D eigenvalue weighted by atomic mass is 9.91. The zero-order valence-corrected chi connectivity index (χ0v) is 31.3. The average Bonchev–Trinajstić information content (AvgIpc) is 3.15. The topological polar surface area (TPSA) is 365 Å². The molecule has 1 fully saturated rings. The fourth-order valence-electron chi connectivity index (χ4n) is 6.14. The maximum atomic E-state index is 12.6. The van der Waals surface area contributed by atoms with Gasteiger partial charge in [-0.25, -0.2) is 13.2 Å². The van der Waals surface area contributed by atoms with Gasteiger partial charge >= 0.3 is 5.97 Å². The Labute approximate surface area is 334 Å². The SMILES string of the molecule is C[C@H]1[C@H](O)[C@@H](O)C(Oc2cc(-c3oc4cc(O)cc(O)c4c(=O)c3O)ccc2O)O[C@@H]1C(=O)O.Cc1ccc(-c2oc3cc(O)cc(O)c3c(=O)c2O)cc1OS(=O)(=O)[O-]. The van der Waals surface area contributed by atoms with Crippen LogP contribution in [0.15, 0.2) is 79.1 Å². The molecule has 6 aromatic rings. The molecule has 0 bridgehead atoms. The summed E-state index contributed by atoms with van der Waals surface area (Å²) in [5, 5.41) is 98.7. The first-order valence-corrected chi connectivity index (χ1v) is 18.3. The first-order chi connectivity index (χ1) is 28.1. The largest absolute Gasteiger partial charge is 0.716 e. The number of carboxylic acids is 1. The van der Waals surface area contributed by atoms with Crippen molar-refractivity contribution in [2.75, 3.05) is 0 Å². The van der Waals surface area contributed by atoms with Gasteiger partial charge in [0.1, 0.15) is 56.8 Å². The molecule has 60 heavy (non-hydrogen) atoms. The van der Waals surface area contributed by atoms with Crippen molar-refractivity contribution in [3.05, 3.63) is 86.7 Å². The number of aliphatic hydroxyl groups is 2. The number of aliphatic hydroxyl groups excluding tert-OH is 2. The molecule has 4 aromatic carbocycles. The Morgan fingerprint density at radius 3 is 1.67 bits per heavy atom. The zero-order chi connectivity index (χ0) is 44.1. The van der Waals surface area contributed by atoms with Crippen LogP contribution < -0.4 is 19.8 Å². The maximum Gasteiger partial charge on any atom is 0.333 e. The van der Waals surface area contributed by atoms with E-state index < -0.39 is 98.0 Å². The van der Waals surface area contributed by atoms with Crippen molar-refractivity contribution < 1.29 is 91.3 Å². The summed E-state index contributed by atoms with van der Waals surface area (Å²) >= 11 is 0. The van der Waals surface area contributed by atoms with Crippen molar-refractivity contribution in [2.45, 2.75) is 38.4 Å². The van der Waals surface area contributed by atoms with Gasteiger partial charge in [-0.05, 0) is 36.8 Å². The fourth-order valence-corrected chi connectivity index (χ4v) is 6.54. The number of carboxylic acid groups (broad SMARTS) is 1. The Balaban J connectivity index is 0.000000209. The molecular formula is C38H31O21S-. The van der Waals surface area contributed by atoms with E-state index in [-0.39, 0.29) is 56.1 Å². The second-order valence-electron chi connectivity index (χ2n) is 13.3. The molecule has 1 unspecified atom stereocenters. The van der Waals surface area contributed by atoms with E-state index in [1.165, 1.54) is 32.0 Å². The van der Waals surface area contributed by atoms with Crippen molar-refractivity contribution in [1.29, 1.82) is 0 Å². The number of phenolic OH excluding ortho intramolecular Hbond substituents is 5. The Morgan fingerprint density at radius 2 is 1.18 bits per heavy atom. The van der Waals surface area contributed by atoms with Gasteiger partial charge in [0, 0.05) is 41.3 Å². The van der Waals surface area contributed by atoms with Gasteiger partial charge in [0.05, 0.1) is 6.10 Å². The molecule has 10 N–H and O–H groups in total. The van der Waals surface area contributed by atoms with E-state index in [1.807, 2.05) is 0 Å².